The van der Waals surface area contributed by atoms with Crippen molar-refractivity contribution in [1.82, 2.24) is 9.97 Å². The van der Waals surface area contributed by atoms with Gasteiger partial charge in [0.1, 0.15) is 5.82 Å². The number of rotatable bonds is 5. The van der Waals surface area contributed by atoms with Gasteiger partial charge in [-0.3, -0.25) is 0 Å². The Kier molecular flexibility index (Phi) is 4.87. The molecule has 1 N–H and O–H groups in total. The van der Waals surface area contributed by atoms with Crippen LogP contribution in [0, 0.1) is 0 Å². The summed E-state index contributed by atoms with van der Waals surface area (Å²) in [7, 11) is 1.31. The van der Waals surface area contributed by atoms with Crippen molar-refractivity contribution in [1.29, 1.82) is 0 Å². The molecule has 1 heterocycles. The highest BCUT2D eigenvalue weighted by Crippen LogP contribution is 2.18. The smallest absolute Gasteiger partial charge is 0.376 e. The summed E-state index contributed by atoms with van der Waals surface area (Å²) in [5.41, 5.74) is 2.46. The maximum absolute atomic E-state index is 11.4. The summed E-state index contributed by atoms with van der Waals surface area (Å²) in [6.45, 7) is 4.17. The number of benzene rings is 1. The molecule has 0 amide bonds. The van der Waals surface area contributed by atoms with Crippen LogP contribution in [0.5, 0.6) is 0 Å². The first-order valence-corrected chi connectivity index (χ1v) is 6.90. The van der Waals surface area contributed by atoms with Crippen molar-refractivity contribution in [2.24, 2.45) is 0 Å². The molecule has 0 aliphatic rings. The lowest BCUT2D eigenvalue weighted by Crippen LogP contribution is -2.12. The summed E-state index contributed by atoms with van der Waals surface area (Å²) in [5.74, 6) is 0.104. The number of hydrogen-bond donors (Lipinski definition) is 1. The van der Waals surface area contributed by atoms with E-state index in [9.17, 15) is 4.79 Å². The van der Waals surface area contributed by atoms with Crippen LogP contribution in [0.2, 0.25) is 0 Å². The van der Waals surface area contributed by atoms with E-state index in [1.807, 2.05) is 6.92 Å². The number of nitrogens with zero attached hydrogens (tertiary/aromatic N) is 2. The van der Waals surface area contributed by atoms with Crippen LogP contribution in [-0.4, -0.2) is 23.0 Å². The van der Waals surface area contributed by atoms with Crippen molar-refractivity contribution in [2.45, 2.75) is 26.3 Å². The molecule has 1 unspecified atom stereocenters. The molecular formula is C16H19N3O2. The zero-order valence-electron chi connectivity index (χ0n) is 12.5. The van der Waals surface area contributed by atoms with E-state index < -0.39 is 5.97 Å². The SMILES string of the molecule is CCc1ccc(C(C)Nc2ccnc(C(=O)OC)n2)cc1. The van der Waals surface area contributed by atoms with Crippen molar-refractivity contribution in [3.05, 3.63) is 53.5 Å². The van der Waals surface area contributed by atoms with Gasteiger partial charge < -0.3 is 10.1 Å². The lowest BCUT2D eigenvalue weighted by Gasteiger charge is -2.15. The van der Waals surface area contributed by atoms with Crippen LogP contribution in [-0.2, 0) is 11.2 Å². The first-order valence-electron chi connectivity index (χ1n) is 6.90. The summed E-state index contributed by atoms with van der Waals surface area (Å²) in [4.78, 5) is 19.5. The van der Waals surface area contributed by atoms with Gasteiger partial charge in [-0.25, -0.2) is 14.8 Å². The number of esters is 1. The molecule has 0 radical (unpaired) electrons. The molecule has 0 aliphatic carbocycles. The number of ether oxygens (including phenoxy) is 1. The van der Waals surface area contributed by atoms with Gasteiger partial charge in [0.05, 0.1) is 7.11 Å². The number of carbonyl (C=O) groups excluding carboxylic acids is 1. The molecule has 0 aliphatic heterocycles. The number of aryl methyl sites for hydroxylation is 1. The Morgan fingerprint density at radius 1 is 1.29 bits per heavy atom. The quantitative estimate of drug-likeness (QED) is 0.856. The van der Waals surface area contributed by atoms with Crippen molar-refractivity contribution in [3.63, 3.8) is 0 Å². The molecular weight excluding hydrogens is 266 g/mol. The van der Waals surface area contributed by atoms with Crippen LogP contribution in [0.3, 0.4) is 0 Å². The Morgan fingerprint density at radius 2 is 2.00 bits per heavy atom. The number of anilines is 1. The zero-order valence-corrected chi connectivity index (χ0v) is 12.5. The van der Waals surface area contributed by atoms with Gasteiger partial charge in [-0.05, 0) is 30.5 Å². The second kappa shape index (κ2) is 6.83. The summed E-state index contributed by atoms with van der Waals surface area (Å²) >= 11 is 0. The summed E-state index contributed by atoms with van der Waals surface area (Å²) in [6.07, 6.45) is 2.56. The number of hydrogen-bond acceptors (Lipinski definition) is 5. The summed E-state index contributed by atoms with van der Waals surface area (Å²) < 4.78 is 4.61. The monoisotopic (exact) mass is 285 g/mol. The van der Waals surface area contributed by atoms with Crippen molar-refractivity contribution in [3.8, 4) is 0 Å². The minimum Gasteiger partial charge on any atom is -0.463 e. The maximum Gasteiger partial charge on any atom is 0.376 e. The highest BCUT2D eigenvalue weighted by atomic mass is 16.5. The first kappa shape index (κ1) is 15.0. The van der Waals surface area contributed by atoms with Crippen LogP contribution in [0.25, 0.3) is 0 Å². The summed E-state index contributed by atoms with van der Waals surface area (Å²) in [5, 5.41) is 3.26. The van der Waals surface area contributed by atoms with Gasteiger partial charge in [-0.2, -0.15) is 0 Å². The molecule has 0 saturated carbocycles. The molecule has 0 saturated heterocycles. The van der Waals surface area contributed by atoms with E-state index >= 15 is 0 Å². The molecule has 1 aromatic carbocycles. The fourth-order valence-corrected chi connectivity index (χ4v) is 1.98. The fourth-order valence-electron chi connectivity index (χ4n) is 1.98. The van der Waals surface area contributed by atoms with Crippen LogP contribution in [0.15, 0.2) is 36.5 Å². The van der Waals surface area contributed by atoms with Gasteiger partial charge in [-0.1, -0.05) is 31.2 Å². The largest absolute Gasteiger partial charge is 0.463 e. The minimum atomic E-state index is -0.543. The first-order chi connectivity index (χ1) is 10.1. The molecule has 5 nitrogen and oxygen atoms in total. The number of aromatic nitrogens is 2. The van der Waals surface area contributed by atoms with Crippen molar-refractivity contribution in [2.75, 3.05) is 12.4 Å². The Morgan fingerprint density at radius 3 is 2.62 bits per heavy atom. The predicted molar refractivity (Wildman–Crippen MR) is 81.2 cm³/mol. The highest BCUT2D eigenvalue weighted by Gasteiger charge is 2.11. The van der Waals surface area contributed by atoms with Crippen molar-refractivity contribution >= 4 is 11.8 Å². The van der Waals surface area contributed by atoms with Crippen LogP contribution >= 0.6 is 0 Å². The van der Waals surface area contributed by atoms with Gasteiger partial charge in [0.15, 0.2) is 0 Å². The lowest BCUT2D eigenvalue weighted by atomic mass is 10.1. The Labute approximate surface area is 124 Å². The van der Waals surface area contributed by atoms with E-state index in [0.717, 1.165) is 12.0 Å². The number of carbonyl (C=O) groups is 1. The second-order valence-corrected chi connectivity index (χ2v) is 4.72. The predicted octanol–water partition coefficient (Wildman–Crippen LogP) is 3.00. The molecule has 2 aromatic rings. The Hall–Kier alpha value is -2.43. The van der Waals surface area contributed by atoms with E-state index in [4.69, 9.17) is 0 Å². The minimum absolute atomic E-state index is 0.0519. The molecule has 0 fully saturated rings. The Bertz CT molecular complexity index is 611. The van der Waals surface area contributed by atoms with Gasteiger partial charge in [0, 0.05) is 12.2 Å². The average Bonchev–Trinajstić information content (AvgIpc) is 2.54. The molecule has 0 bridgehead atoms. The van der Waals surface area contributed by atoms with E-state index in [2.05, 4.69) is 51.2 Å². The number of methoxy groups -OCH3 is 1. The highest BCUT2D eigenvalue weighted by molar-refractivity contribution is 5.85. The second-order valence-electron chi connectivity index (χ2n) is 4.72. The molecule has 2 rings (SSSR count). The third-order valence-corrected chi connectivity index (χ3v) is 3.28. The van der Waals surface area contributed by atoms with E-state index in [1.165, 1.54) is 18.9 Å². The van der Waals surface area contributed by atoms with Crippen LogP contribution in [0.4, 0.5) is 5.82 Å². The molecule has 1 atom stereocenters. The van der Waals surface area contributed by atoms with Crippen molar-refractivity contribution < 1.29 is 9.53 Å². The van der Waals surface area contributed by atoms with Gasteiger partial charge in [0.2, 0.25) is 5.82 Å². The molecule has 1 aromatic heterocycles. The third kappa shape index (κ3) is 3.78. The molecule has 5 heteroatoms. The molecule has 110 valence electrons. The van der Waals surface area contributed by atoms with E-state index in [0.29, 0.717) is 5.82 Å². The number of nitrogens with one attached hydrogen (secondary N) is 1. The molecule has 21 heavy (non-hydrogen) atoms. The van der Waals surface area contributed by atoms with Crippen LogP contribution in [0.1, 0.15) is 41.6 Å². The zero-order chi connectivity index (χ0) is 15.2. The van der Waals surface area contributed by atoms with Gasteiger partial charge in [-0.15, -0.1) is 0 Å². The average molecular weight is 285 g/mol. The van der Waals surface area contributed by atoms with Crippen LogP contribution < -0.4 is 5.32 Å². The Balaban J connectivity index is 2.11. The van der Waals surface area contributed by atoms with Gasteiger partial charge >= 0.3 is 5.97 Å². The summed E-state index contributed by atoms with van der Waals surface area (Å²) in [6, 6.07) is 10.2. The third-order valence-electron chi connectivity index (χ3n) is 3.28. The maximum atomic E-state index is 11.4. The molecule has 0 spiro atoms. The fraction of sp³-hybridized carbons (Fsp3) is 0.312. The van der Waals surface area contributed by atoms with E-state index in [1.54, 1.807) is 6.07 Å². The van der Waals surface area contributed by atoms with E-state index in [-0.39, 0.29) is 11.9 Å². The lowest BCUT2D eigenvalue weighted by molar-refractivity contribution is 0.0587. The van der Waals surface area contributed by atoms with Gasteiger partial charge in [0.25, 0.3) is 0 Å². The normalized spacial score (nSPS) is 11.8. The topological polar surface area (TPSA) is 64.1 Å². The standard InChI is InChI=1S/C16H19N3O2/c1-4-12-5-7-13(8-6-12)11(2)18-14-9-10-17-15(19-14)16(20)21-3/h5-11H,4H2,1-3H3,(H,17,18,19).